The van der Waals surface area contributed by atoms with E-state index in [2.05, 4.69) is 42.1 Å². The minimum Gasteiger partial charge on any atom is -0.493 e. The highest BCUT2D eigenvalue weighted by Gasteiger charge is 2.10. The van der Waals surface area contributed by atoms with E-state index in [1.165, 1.54) is 0 Å². The van der Waals surface area contributed by atoms with Crippen molar-refractivity contribution in [1.82, 2.24) is 0 Å². The van der Waals surface area contributed by atoms with Crippen molar-refractivity contribution in [1.29, 1.82) is 0 Å². The first kappa shape index (κ1) is 20.3. The molecule has 0 radical (unpaired) electrons. The van der Waals surface area contributed by atoms with Gasteiger partial charge in [0.15, 0.2) is 23.0 Å². The van der Waals surface area contributed by atoms with Gasteiger partial charge in [-0.05, 0) is 67.3 Å². The van der Waals surface area contributed by atoms with Crippen molar-refractivity contribution in [2.45, 2.75) is 0 Å². The molecule has 0 spiro atoms. The number of ether oxygens (including phenoxy) is 4. The summed E-state index contributed by atoms with van der Waals surface area (Å²) in [5.74, 6) is 2.47. The minimum atomic E-state index is 0.608. The maximum absolute atomic E-state index is 5.31. The molecule has 0 heterocycles. The van der Waals surface area contributed by atoms with Gasteiger partial charge in [-0.3, -0.25) is 0 Å². The highest BCUT2D eigenvalue weighted by Crippen LogP contribution is 2.36. The van der Waals surface area contributed by atoms with Crippen LogP contribution in [0.3, 0.4) is 0 Å². The summed E-state index contributed by atoms with van der Waals surface area (Å²) in [5, 5.41) is 8.15. The lowest BCUT2D eigenvalue weighted by Gasteiger charge is -2.10. The van der Waals surface area contributed by atoms with Crippen LogP contribution < -0.4 is 18.9 Å². The molecule has 26 heavy (non-hydrogen) atoms. The van der Waals surface area contributed by atoms with Gasteiger partial charge in [-0.25, -0.2) is 0 Å². The molecule has 0 saturated carbocycles. The first-order valence-electron chi connectivity index (χ1n) is 7.43. The third kappa shape index (κ3) is 4.76. The fourth-order valence-corrected chi connectivity index (χ4v) is 3.47. The SMILES string of the molecule is COc1cc(C=NN=Cc2cc(Br)c(OC)c(OC)c2)cc(Br)c1OC. The Morgan fingerprint density at radius 1 is 0.654 bits per heavy atom. The lowest BCUT2D eigenvalue weighted by molar-refractivity contribution is 0.353. The van der Waals surface area contributed by atoms with Gasteiger partial charge in [0.05, 0.1) is 49.8 Å². The van der Waals surface area contributed by atoms with E-state index in [1.54, 1.807) is 40.9 Å². The predicted octanol–water partition coefficient (Wildman–Crippen LogP) is 4.70. The van der Waals surface area contributed by atoms with Gasteiger partial charge >= 0.3 is 0 Å². The van der Waals surface area contributed by atoms with Crippen LogP contribution in [0.4, 0.5) is 0 Å². The molecule has 8 heteroatoms. The van der Waals surface area contributed by atoms with Gasteiger partial charge < -0.3 is 18.9 Å². The zero-order valence-electron chi connectivity index (χ0n) is 14.7. The van der Waals surface area contributed by atoms with E-state index < -0.39 is 0 Å². The zero-order valence-corrected chi connectivity index (χ0v) is 17.9. The zero-order chi connectivity index (χ0) is 19.1. The van der Waals surface area contributed by atoms with Crippen LogP contribution in [0.1, 0.15) is 11.1 Å². The summed E-state index contributed by atoms with van der Waals surface area (Å²) in [6.45, 7) is 0. The predicted molar refractivity (Wildman–Crippen MR) is 110 cm³/mol. The molecule has 0 atom stereocenters. The second-order valence-electron chi connectivity index (χ2n) is 4.97. The van der Waals surface area contributed by atoms with Crippen molar-refractivity contribution in [2.24, 2.45) is 10.2 Å². The van der Waals surface area contributed by atoms with E-state index in [-0.39, 0.29) is 0 Å². The summed E-state index contributed by atoms with van der Waals surface area (Å²) in [6, 6.07) is 7.37. The molecule has 0 aliphatic heterocycles. The Hall–Kier alpha value is -2.06. The average Bonchev–Trinajstić information content (AvgIpc) is 2.64. The standard InChI is InChI=1S/C18H18Br2N2O4/c1-23-15-7-11(5-13(19)17(15)25-3)9-21-22-10-12-6-14(20)18(26-4)16(8-12)24-2/h5-10H,1-4H3. The van der Waals surface area contributed by atoms with Gasteiger partial charge in [-0.15, -0.1) is 0 Å². The Balaban J connectivity index is 2.21. The van der Waals surface area contributed by atoms with Crippen molar-refractivity contribution >= 4 is 44.3 Å². The van der Waals surface area contributed by atoms with Crippen LogP contribution >= 0.6 is 31.9 Å². The minimum absolute atomic E-state index is 0.608. The van der Waals surface area contributed by atoms with Crippen molar-refractivity contribution < 1.29 is 18.9 Å². The quantitative estimate of drug-likeness (QED) is 0.421. The Bertz CT molecular complexity index is 769. The second-order valence-corrected chi connectivity index (χ2v) is 6.67. The highest BCUT2D eigenvalue weighted by molar-refractivity contribution is 9.11. The Kier molecular flexibility index (Phi) is 7.47. The first-order valence-corrected chi connectivity index (χ1v) is 9.02. The number of halogens is 2. The first-order chi connectivity index (χ1) is 12.5. The number of hydrogen-bond acceptors (Lipinski definition) is 6. The van der Waals surface area contributed by atoms with Crippen LogP contribution in [-0.2, 0) is 0 Å². The van der Waals surface area contributed by atoms with Crippen molar-refractivity contribution in [3.63, 3.8) is 0 Å². The van der Waals surface area contributed by atoms with Crippen LogP contribution in [-0.4, -0.2) is 40.9 Å². The molecule has 0 saturated heterocycles. The van der Waals surface area contributed by atoms with E-state index in [4.69, 9.17) is 18.9 Å². The van der Waals surface area contributed by atoms with E-state index in [9.17, 15) is 0 Å². The monoisotopic (exact) mass is 484 g/mol. The highest BCUT2D eigenvalue weighted by atomic mass is 79.9. The van der Waals surface area contributed by atoms with Gasteiger partial charge in [0.1, 0.15) is 0 Å². The number of benzene rings is 2. The van der Waals surface area contributed by atoms with E-state index in [0.717, 1.165) is 20.1 Å². The second kappa shape index (κ2) is 9.59. The Morgan fingerprint density at radius 3 is 1.35 bits per heavy atom. The van der Waals surface area contributed by atoms with Gasteiger partial charge in [0.2, 0.25) is 0 Å². The fourth-order valence-electron chi connectivity index (χ4n) is 2.22. The molecule has 0 N–H and O–H groups in total. The van der Waals surface area contributed by atoms with Crippen molar-refractivity contribution in [3.8, 4) is 23.0 Å². The molecule has 2 aromatic carbocycles. The fraction of sp³-hybridized carbons (Fsp3) is 0.222. The topological polar surface area (TPSA) is 61.6 Å². The van der Waals surface area contributed by atoms with E-state index in [1.807, 2.05) is 24.3 Å². The molecule has 6 nitrogen and oxygen atoms in total. The summed E-state index contributed by atoms with van der Waals surface area (Å²) in [7, 11) is 6.33. The largest absolute Gasteiger partial charge is 0.493 e. The molecule has 0 aromatic heterocycles. The summed E-state index contributed by atoms with van der Waals surface area (Å²) in [5.41, 5.74) is 1.64. The molecular formula is C18H18Br2N2O4. The smallest absolute Gasteiger partial charge is 0.174 e. The van der Waals surface area contributed by atoms with Crippen molar-refractivity contribution in [2.75, 3.05) is 28.4 Å². The summed E-state index contributed by atoms with van der Waals surface area (Å²) in [4.78, 5) is 0. The molecule has 0 fully saturated rings. The van der Waals surface area contributed by atoms with Crippen LogP contribution in [0, 0.1) is 0 Å². The molecule has 2 rings (SSSR count). The Morgan fingerprint density at radius 2 is 1.04 bits per heavy atom. The maximum Gasteiger partial charge on any atom is 0.174 e. The van der Waals surface area contributed by atoms with Gasteiger partial charge in [-0.2, -0.15) is 10.2 Å². The average molecular weight is 486 g/mol. The maximum atomic E-state index is 5.31. The normalized spacial score (nSPS) is 11.2. The molecule has 0 aliphatic carbocycles. The van der Waals surface area contributed by atoms with Crippen LogP contribution in [0.15, 0.2) is 43.4 Å². The van der Waals surface area contributed by atoms with Crippen LogP contribution in [0.25, 0.3) is 0 Å². The summed E-state index contributed by atoms with van der Waals surface area (Å²) in [6.07, 6.45) is 3.25. The van der Waals surface area contributed by atoms with E-state index in [0.29, 0.717) is 23.0 Å². The molecule has 2 aromatic rings. The van der Waals surface area contributed by atoms with Gasteiger partial charge in [0.25, 0.3) is 0 Å². The lowest BCUT2D eigenvalue weighted by Crippen LogP contribution is -1.94. The third-order valence-electron chi connectivity index (χ3n) is 3.39. The van der Waals surface area contributed by atoms with Gasteiger partial charge in [0, 0.05) is 0 Å². The number of nitrogens with zero attached hydrogens (tertiary/aromatic N) is 2. The lowest BCUT2D eigenvalue weighted by atomic mass is 10.2. The van der Waals surface area contributed by atoms with Crippen molar-refractivity contribution in [3.05, 3.63) is 44.3 Å². The molecule has 138 valence electrons. The number of rotatable bonds is 7. The van der Waals surface area contributed by atoms with Crippen LogP contribution in [0.5, 0.6) is 23.0 Å². The third-order valence-corrected chi connectivity index (χ3v) is 4.57. The Labute approximate surface area is 169 Å². The molecule has 0 unspecified atom stereocenters. The molecular weight excluding hydrogens is 468 g/mol. The summed E-state index contributed by atoms with van der Waals surface area (Å²) < 4.78 is 22.7. The van der Waals surface area contributed by atoms with E-state index >= 15 is 0 Å². The molecule has 0 aliphatic rings. The number of methoxy groups -OCH3 is 4. The molecule has 0 bridgehead atoms. The summed E-state index contributed by atoms with van der Waals surface area (Å²) >= 11 is 6.89. The number of hydrogen-bond donors (Lipinski definition) is 0. The van der Waals surface area contributed by atoms with Gasteiger partial charge in [-0.1, -0.05) is 0 Å². The molecule has 0 amide bonds. The van der Waals surface area contributed by atoms with Crippen LogP contribution in [0.2, 0.25) is 0 Å².